The van der Waals surface area contributed by atoms with Crippen molar-refractivity contribution in [1.29, 1.82) is 0 Å². The van der Waals surface area contributed by atoms with Crippen molar-refractivity contribution in [3.8, 4) is 12.3 Å². The van der Waals surface area contributed by atoms with Gasteiger partial charge in [0.15, 0.2) is 0 Å². The number of aromatic nitrogens is 2. The predicted octanol–water partition coefficient (Wildman–Crippen LogP) is 2.13. The molecule has 0 saturated heterocycles. The number of hydrogen-bond acceptors (Lipinski definition) is 4. The highest BCUT2D eigenvalue weighted by atomic mass is 15.2. The van der Waals surface area contributed by atoms with E-state index in [4.69, 9.17) is 6.42 Å². The third-order valence-electron chi connectivity index (χ3n) is 3.51. The first-order valence-electron chi connectivity index (χ1n) is 7.34. The van der Waals surface area contributed by atoms with Crippen LogP contribution in [0.5, 0.6) is 0 Å². The van der Waals surface area contributed by atoms with Gasteiger partial charge in [-0.2, -0.15) is 0 Å². The molecular formula is C16H24N4. The molecule has 0 unspecified atom stereocenters. The standard InChI is InChI=1S/C16H24N4/c1-5-8-20(11-14-6-7-14)16-18-10-15(13(4)19-16)9-17-12(2)3/h1,10,12,14,17H,6-9,11H2,2-4H3. The lowest BCUT2D eigenvalue weighted by atomic mass is 10.2. The molecule has 0 radical (unpaired) electrons. The zero-order valence-corrected chi connectivity index (χ0v) is 12.7. The van der Waals surface area contributed by atoms with E-state index in [9.17, 15) is 0 Å². The minimum atomic E-state index is 0.460. The fourth-order valence-corrected chi connectivity index (χ4v) is 2.06. The van der Waals surface area contributed by atoms with Gasteiger partial charge in [-0.25, -0.2) is 9.97 Å². The van der Waals surface area contributed by atoms with Crippen LogP contribution < -0.4 is 10.2 Å². The van der Waals surface area contributed by atoms with Gasteiger partial charge in [-0.1, -0.05) is 19.8 Å². The number of rotatable bonds is 7. The molecule has 0 aromatic carbocycles. The van der Waals surface area contributed by atoms with E-state index in [1.54, 1.807) is 0 Å². The molecule has 2 rings (SSSR count). The summed E-state index contributed by atoms with van der Waals surface area (Å²) < 4.78 is 0. The van der Waals surface area contributed by atoms with Gasteiger partial charge >= 0.3 is 0 Å². The molecule has 1 heterocycles. The van der Waals surface area contributed by atoms with Gasteiger partial charge in [-0.3, -0.25) is 0 Å². The van der Waals surface area contributed by atoms with Crippen molar-refractivity contribution in [2.75, 3.05) is 18.0 Å². The van der Waals surface area contributed by atoms with Gasteiger partial charge in [0.05, 0.1) is 6.54 Å². The molecule has 20 heavy (non-hydrogen) atoms. The molecule has 1 saturated carbocycles. The monoisotopic (exact) mass is 272 g/mol. The van der Waals surface area contributed by atoms with Crippen molar-refractivity contribution < 1.29 is 0 Å². The molecule has 1 fully saturated rings. The number of anilines is 1. The second-order valence-electron chi connectivity index (χ2n) is 5.84. The average molecular weight is 272 g/mol. The molecule has 108 valence electrons. The zero-order valence-electron chi connectivity index (χ0n) is 12.7. The molecule has 0 aliphatic heterocycles. The minimum absolute atomic E-state index is 0.460. The number of nitrogens with zero attached hydrogens (tertiary/aromatic N) is 3. The lowest BCUT2D eigenvalue weighted by Crippen LogP contribution is -2.29. The number of hydrogen-bond donors (Lipinski definition) is 1. The van der Waals surface area contributed by atoms with Gasteiger partial charge < -0.3 is 10.2 Å². The van der Waals surface area contributed by atoms with Gasteiger partial charge in [0.1, 0.15) is 0 Å². The summed E-state index contributed by atoms with van der Waals surface area (Å²) in [6.07, 6.45) is 9.98. The maximum Gasteiger partial charge on any atom is 0.226 e. The highest BCUT2D eigenvalue weighted by molar-refractivity contribution is 5.35. The highest BCUT2D eigenvalue weighted by Gasteiger charge is 2.25. The van der Waals surface area contributed by atoms with Crippen molar-refractivity contribution in [1.82, 2.24) is 15.3 Å². The maximum atomic E-state index is 5.45. The van der Waals surface area contributed by atoms with Crippen LogP contribution in [-0.4, -0.2) is 29.1 Å². The zero-order chi connectivity index (χ0) is 14.5. The summed E-state index contributed by atoms with van der Waals surface area (Å²) in [4.78, 5) is 11.2. The fraction of sp³-hybridized carbons (Fsp3) is 0.625. The largest absolute Gasteiger partial charge is 0.329 e. The Morgan fingerprint density at radius 1 is 1.50 bits per heavy atom. The summed E-state index contributed by atoms with van der Waals surface area (Å²) in [5.74, 6) is 4.24. The van der Waals surface area contributed by atoms with E-state index >= 15 is 0 Å². The van der Waals surface area contributed by atoms with Crippen molar-refractivity contribution in [3.05, 3.63) is 17.5 Å². The normalized spacial score (nSPS) is 14.3. The highest BCUT2D eigenvalue weighted by Crippen LogP contribution is 2.30. The molecule has 1 aromatic rings. The smallest absolute Gasteiger partial charge is 0.226 e. The molecule has 0 spiro atoms. The third-order valence-corrected chi connectivity index (χ3v) is 3.51. The van der Waals surface area contributed by atoms with Crippen molar-refractivity contribution in [2.24, 2.45) is 5.92 Å². The van der Waals surface area contributed by atoms with Gasteiger partial charge in [-0.15, -0.1) is 6.42 Å². The van der Waals surface area contributed by atoms with Crippen LogP contribution >= 0.6 is 0 Å². The van der Waals surface area contributed by atoms with Crippen LogP contribution in [0, 0.1) is 25.2 Å². The number of terminal acetylenes is 1. The van der Waals surface area contributed by atoms with Crippen molar-refractivity contribution in [3.63, 3.8) is 0 Å². The number of aryl methyl sites for hydroxylation is 1. The Hall–Kier alpha value is -1.60. The van der Waals surface area contributed by atoms with Crippen LogP contribution in [0.15, 0.2) is 6.20 Å². The van der Waals surface area contributed by atoms with Crippen molar-refractivity contribution >= 4 is 5.95 Å². The Kier molecular flexibility index (Phi) is 4.97. The summed E-state index contributed by atoms with van der Waals surface area (Å²) in [7, 11) is 0. The molecule has 1 aliphatic rings. The lowest BCUT2D eigenvalue weighted by Gasteiger charge is -2.21. The second-order valence-corrected chi connectivity index (χ2v) is 5.84. The lowest BCUT2D eigenvalue weighted by molar-refractivity contribution is 0.584. The van der Waals surface area contributed by atoms with Gasteiger partial charge in [0.25, 0.3) is 0 Å². The molecule has 0 atom stereocenters. The van der Waals surface area contributed by atoms with Gasteiger partial charge in [-0.05, 0) is 25.7 Å². The SMILES string of the molecule is C#CCN(CC1CC1)c1ncc(CNC(C)C)c(C)n1. The minimum Gasteiger partial charge on any atom is -0.329 e. The summed E-state index contributed by atoms with van der Waals surface area (Å²) in [5, 5.41) is 3.39. The van der Waals surface area contributed by atoms with E-state index in [2.05, 4.69) is 40.0 Å². The Balaban J connectivity index is 2.07. The summed E-state index contributed by atoms with van der Waals surface area (Å²) >= 11 is 0. The average Bonchev–Trinajstić information content (AvgIpc) is 3.20. The Bertz CT molecular complexity index is 486. The molecule has 4 heteroatoms. The van der Waals surface area contributed by atoms with Crippen molar-refractivity contribution in [2.45, 2.75) is 46.2 Å². The first-order valence-corrected chi connectivity index (χ1v) is 7.34. The van der Waals surface area contributed by atoms with Crippen LogP contribution in [0.2, 0.25) is 0 Å². The first kappa shape index (κ1) is 14.8. The molecule has 0 amide bonds. The third kappa shape index (κ3) is 4.21. The van der Waals surface area contributed by atoms with E-state index < -0.39 is 0 Å². The van der Waals surface area contributed by atoms with E-state index in [1.165, 1.54) is 12.8 Å². The topological polar surface area (TPSA) is 41.1 Å². The predicted molar refractivity (Wildman–Crippen MR) is 82.5 cm³/mol. The Morgan fingerprint density at radius 2 is 2.25 bits per heavy atom. The van der Waals surface area contributed by atoms with E-state index in [1.807, 2.05) is 13.1 Å². The molecule has 1 aliphatic carbocycles. The molecule has 0 bridgehead atoms. The summed E-state index contributed by atoms with van der Waals surface area (Å²) in [5.41, 5.74) is 2.18. The first-order chi connectivity index (χ1) is 9.60. The fourth-order valence-electron chi connectivity index (χ4n) is 2.06. The molecule has 1 aromatic heterocycles. The molecule has 1 N–H and O–H groups in total. The Labute approximate surface area is 122 Å². The van der Waals surface area contributed by atoms with E-state index in [-0.39, 0.29) is 0 Å². The molecular weight excluding hydrogens is 248 g/mol. The maximum absolute atomic E-state index is 5.45. The van der Waals surface area contributed by atoms with Crippen LogP contribution in [-0.2, 0) is 6.54 Å². The van der Waals surface area contributed by atoms with Gasteiger partial charge in [0, 0.05) is 36.6 Å². The Morgan fingerprint density at radius 3 is 2.80 bits per heavy atom. The second kappa shape index (κ2) is 6.71. The van der Waals surface area contributed by atoms with E-state index in [0.717, 1.165) is 36.2 Å². The van der Waals surface area contributed by atoms with Crippen LogP contribution in [0.25, 0.3) is 0 Å². The van der Waals surface area contributed by atoms with E-state index in [0.29, 0.717) is 12.6 Å². The van der Waals surface area contributed by atoms with Crippen LogP contribution in [0.3, 0.4) is 0 Å². The number of nitrogens with one attached hydrogen (secondary N) is 1. The van der Waals surface area contributed by atoms with Crippen LogP contribution in [0.1, 0.15) is 37.9 Å². The van der Waals surface area contributed by atoms with Crippen LogP contribution in [0.4, 0.5) is 5.95 Å². The summed E-state index contributed by atoms with van der Waals surface area (Å²) in [6.45, 7) is 8.67. The van der Waals surface area contributed by atoms with Gasteiger partial charge in [0.2, 0.25) is 5.95 Å². The molecule has 4 nitrogen and oxygen atoms in total. The quantitative estimate of drug-likeness (QED) is 0.772. The summed E-state index contributed by atoms with van der Waals surface area (Å²) in [6, 6.07) is 0.460.